The number of aromatic hydroxyl groups is 1. The zero-order chi connectivity index (χ0) is 15.5. The van der Waals surface area contributed by atoms with Crippen molar-refractivity contribution < 1.29 is 9.52 Å². The number of fused-ring (bicyclic) bond motifs is 1. The van der Waals surface area contributed by atoms with Crippen molar-refractivity contribution in [1.82, 2.24) is 0 Å². The Kier molecular flexibility index (Phi) is 3.62. The molecular weight excluding hydrogens is 280 g/mol. The van der Waals surface area contributed by atoms with Crippen LogP contribution in [0.1, 0.15) is 12.5 Å². The van der Waals surface area contributed by atoms with Crippen LogP contribution in [0.3, 0.4) is 0 Å². The van der Waals surface area contributed by atoms with Gasteiger partial charge in [-0.1, -0.05) is 30.3 Å². The summed E-state index contributed by atoms with van der Waals surface area (Å²) >= 11 is 0. The van der Waals surface area contributed by atoms with E-state index >= 15 is 0 Å². The Hall–Kier alpha value is -3.08. The summed E-state index contributed by atoms with van der Waals surface area (Å²) in [7, 11) is 0. The highest BCUT2D eigenvalue weighted by Gasteiger charge is 2.16. The molecule has 0 aliphatic heterocycles. The maximum absolute atomic E-state index is 12.1. The summed E-state index contributed by atoms with van der Waals surface area (Å²) < 4.78 is 5.22. The number of para-hydroxylation sites is 2. The Balaban J connectivity index is 2.04. The average molecular weight is 294 g/mol. The number of benzene rings is 2. The summed E-state index contributed by atoms with van der Waals surface area (Å²) in [5.41, 5.74) is 3.76. The van der Waals surface area contributed by atoms with Gasteiger partial charge >= 0.3 is 5.63 Å². The standard InChI is InChI=1S/C17H14N2O3/c1-11(18-19-12-7-3-2-4-8-12)15-16(20)13-9-5-6-10-14(13)22-17(15)21/h2-10,19-20H,1H3. The Morgan fingerprint density at radius 1 is 1.09 bits per heavy atom. The second-order valence-corrected chi connectivity index (χ2v) is 4.78. The molecule has 0 saturated carbocycles. The molecule has 1 heterocycles. The van der Waals surface area contributed by atoms with Crippen molar-refractivity contribution in [1.29, 1.82) is 0 Å². The molecule has 0 aliphatic carbocycles. The van der Waals surface area contributed by atoms with E-state index in [4.69, 9.17) is 4.42 Å². The van der Waals surface area contributed by atoms with Gasteiger partial charge in [-0.2, -0.15) is 5.10 Å². The second kappa shape index (κ2) is 5.73. The largest absolute Gasteiger partial charge is 0.506 e. The Morgan fingerprint density at radius 2 is 1.77 bits per heavy atom. The van der Waals surface area contributed by atoms with Crippen molar-refractivity contribution >= 4 is 22.4 Å². The molecule has 3 rings (SSSR count). The van der Waals surface area contributed by atoms with Gasteiger partial charge in [-0.3, -0.25) is 5.43 Å². The normalized spacial score (nSPS) is 11.6. The van der Waals surface area contributed by atoms with Gasteiger partial charge in [0.1, 0.15) is 16.9 Å². The van der Waals surface area contributed by atoms with E-state index in [2.05, 4.69) is 10.5 Å². The van der Waals surface area contributed by atoms with Crippen LogP contribution in [0.4, 0.5) is 5.69 Å². The number of hydrogen-bond donors (Lipinski definition) is 2. The van der Waals surface area contributed by atoms with Crippen molar-refractivity contribution in [2.24, 2.45) is 5.10 Å². The first kappa shape index (κ1) is 13.9. The quantitative estimate of drug-likeness (QED) is 0.441. The van der Waals surface area contributed by atoms with E-state index in [1.807, 2.05) is 30.3 Å². The van der Waals surface area contributed by atoms with Crippen LogP contribution < -0.4 is 11.1 Å². The minimum absolute atomic E-state index is 0.0575. The molecule has 22 heavy (non-hydrogen) atoms. The molecule has 5 heteroatoms. The van der Waals surface area contributed by atoms with Crippen LogP contribution in [0.2, 0.25) is 0 Å². The fraction of sp³-hybridized carbons (Fsp3) is 0.0588. The van der Waals surface area contributed by atoms with E-state index in [0.717, 1.165) is 5.69 Å². The van der Waals surface area contributed by atoms with Crippen molar-refractivity contribution in [3.8, 4) is 5.75 Å². The molecule has 0 spiro atoms. The molecule has 0 fully saturated rings. The Bertz CT molecular complexity index is 899. The molecule has 0 unspecified atom stereocenters. The van der Waals surface area contributed by atoms with Crippen LogP contribution in [0.5, 0.6) is 5.75 Å². The number of nitrogens with zero attached hydrogens (tertiary/aromatic N) is 1. The number of hydrogen-bond acceptors (Lipinski definition) is 5. The van der Waals surface area contributed by atoms with Gasteiger partial charge in [-0.25, -0.2) is 4.79 Å². The van der Waals surface area contributed by atoms with Crippen molar-refractivity contribution in [3.05, 3.63) is 70.6 Å². The summed E-state index contributed by atoms with van der Waals surface area (Å²) in [5, 5.41) is 14.9. The lowest BCUT2D eigenvalue weighted by Gasteiger charge is -2.06. The zero-order valence-electron chi connectivity index (χ0n) is 11.9. The maximum Gasteiger partial charge on any atom is 0.349 e. The van der Waals surface area contributed by atoms with E-state index in [1.165, 1.54) is 0 Å². The Labute approximate surface area is 126 Å². The molecule has 0 amide bonds. The first-order chi connectivity index (χ1) is 10.7. The van der Waals surface area contributed by atoms with Gasteiger partial charge in [0.05, 0.1) is 16.8 Å². The van der Waals surface area contributed by atoms with Crippen LogP contribution in [0, 0.1) is 0 Å². The van der Waals surface area contributed by atoms with Crippen LogP contribution in [0.25, 0.3) is 11.0 Å². The van der Waals surface area contributed by atoms with Crippen LogP contribution in [0.15, 0.2) is 68.9 Å². The van der Waals surface area contributed by atoms with Crippen LogP contribution >= 0.6 is 0 Å². The average Bonchev–Trinajstić information content (AvgIpc) is 2.54. The molecule has 2 aromatic carbocycles. The third kappa shape index (κ3) is 2.56. The van der Waals surface area contributed by atoms with Gasteiger partial charge in [-0.05, 0) is 31.2 Å². The molecule has 110 valence electrons. The molecule has 3 aromatic rings. The summed E-state index contributed by atoms with van der Waals surface area (Å²) in [6, 6.07) is 16.2. The Morgan fingerprint density at radius 3 is 2.55 bits per heavy atom. The van der Waals surface area contributed by atoms with E-state index in [0.29, 0.717) is 16.7 Å². The van der Waals surface area contributed by atoms with Gasteiger partial charge in [-0.15, -0.1) is 0 Å². The smallest absolute Gasteiger partial charge is 0.349 e. The van der Waals surface area contributed by atoms with Crippen molar-refractivity contribution in [2.45, 2.75) is 6.92 Å². The molecule has 0 radical (unpaired) electrons. The molecule has 0 saturated heterocycles. The van der Waals surface area contributed by atoms with Gasteiger partial charge in [0.15, 0.2) is 0 Å². The van der Waals surface area contributed by atoms with Gasteiger partial charge < -0.3 is 9.52 Å². The van der Waals surface area contributed by atoms with Crippen molar-refractivity contribution in [2.75, 3.05) is 5.43 Å². The molecular formula is C17H14N2O3. The summed E-state index contributed by atoms with van der Waals surface area (Å²) in [4.78, 5) is 12.1. The molecule has 0 atom stereocenters. The van der Waals surface area contributed by atoms with Gasteiger partial charge in [0, 0.05) is 0 Å². The summed E-state index contributed by atoms with van der Waals surface area (Å²) in [6.07, 6.45) is 0. The fourth-order valence-electron chi connectivity index (χ4n) is 2.17. The SMILES string of the molecule is CC(=NNc1ccccc1)c1c(O)c2ccccc2oc1=O. The highest BCUT2D eigenvalue weighted by molar-refractivity contribution is 6.04. The third-order valence-corrected chi connectivity index (χ3v) is 3.27. The number of hydrazone groups is 1. The van der Waals surface area contributed by atoms with E-state index in [-0.39, 0.29) is 11.3 Å². The summed E-state index contributed by atoms with van der Waals surface area (Å²) in [6.45, 7) is 1.64. The van der Waals surface area contributed by atoms with E-state index < -0.39 is 5.63 Å². The first-order valence-electron chi connectivity index (χ1n) is 6.77. The van der Waals surface area contributed by atoms with E-state index in [1.54, 1.807) is 31.2 Å². The number of nitrogens with one attached hydrogen (secondary N) is 1. The van der Waals surface area contributed by atoms with E-state index in [9.17, 15) is 9.90 Å². The van der Waals surface area contributed by atoms with Crippen molar-refractivity contribution in [3.63, 3.8) is 0 Å². The molecule has 1 aromatic heterocycles. The third-order valence-electron chi connectivity index (χ3n) is 3.27. The monoisotopic (exact) mass is 294 g/mol. The maximum atomic E-state index is 12.1. The van der Waals surface area contributed by atoms with Gasteiger partial charge in [0.2, 0.25) is 0 Å². The topological polar surface area (TPSA) is 74.8 Å². The van der Waals surface area contributed by atoms with Gasteiger partial charge in [0.25, 0.3) is 0 Å². The highest BCUT2D eigenvalue weighted by atomic mass is 16.4. The first-order valence-corrected chi connectivity index (χ1v) is 6.77. The van der Waals surface area contributed by atoms with Crippen LogP contribution in [-0.4, -0.2) is 10.8 Å². The molecule has 5 nitrogen and oxygen atoms in total. The number of rotatable bonds is 3. The minimum Gasteiger partial charge on any atom is -0.506 e. The molecule has 2 N–H and O–H groups in total. The lowest BCUT2D eigenvalue weighted by atomic mass is 10.1. The fourth-order valence-corrected chi connectivity index (χ4v) is 2.17. The zero-order valence-corrected chi connectivity index (χ0v) is 11.9. The minimum atomic E-state index is -0.618. The number of anilines is 1. The van der Waals surface area contributed by atoms with Crippen LogP contribution in [-0.2, 0) is 0 Å². The highest BCUT2D eigenvalue weighted by Crippen LogP contribution is 2.26. The second-order valence-electron chi connectivity index (χ2n) is 4.78. The lowest BCUT2D eigenvalue weighted by molar-refractivity contribution is 0.466. The lowest BCUT2D eigenvalue weighted by Crippen LogP contribution is -2.14. The molecule has 0 aliphatic rings. The molecule has 0 bridgehead atoms. The predicted molar refractivity (Wildman–Crippen MR) is 86.4 cm³/mol. The predicted octanol–water partition coefficient (Wildman–Crippen LogP) is 3.33. The summed E-state index contributed by atoms with van der Waals surface area (Å²) in [5.74, 6) is -0.122.